The molecule has 0 fully saturated rings. The van der Waals surface area contributed by atoms with Gasteiger partial charge in [-0.3, -0.25) is 0 Å². The SMILES string of the molecule is COCC(C)[NH2+]Cc1cccc(OC)c1. The van der Waals surface area contributed by atoms with Gasteiger partial charge in [0.25, 0.3) is 0 Å². The Bertz CT molecular complexity index is 289. The summed E-state index contributed by atoms with van der Waals surface area (Å²) in [6.45, 7) is 3.90. The van der Waals surface area contributed by atoms with Crippen molar-refractivity contribution in [3.63, 3.8) is 0 Å². The summed E-state index contributed by atoms with van der Waals surface area (Å²) in [6.07, 6.45) is 0. The molecule has 1 aromatic carbocycles. The van der Waals surface area contributed by atoms with E-state index < -0.39 is 0 Å². The van der Waals surface area contributed by atoms with Crippen LogP contribution in [0.1, 0.15) is 12.5 Å². The van der Waals surface area contributed by atoms with Gasteiger partial charge in [0.15, 0.2) is 0 Å². The van der Waals surface area contributed by atoms with Gasteiger partial charge in [-0.25, -0.2) is 0 Å². The fourth-order valence-corrected chi connectivity index (χ4v) is 1.47. The third-order valence-electron chi connectivity index (χ3n) is 2.32. The van der Waals surface area contributed by atoms with Gasteiger partial charge in [0.05, 0.1) is 13.7 Å². The van der Waals surface area contributed by atoms with E-state index in [9.17, 15) is 0 Å². The van der Waals surface area contributed by atoms with Gasteiger partial charge in [0, 0.05) is 12.7 Å². The molecular weight excluding hydrogens is 190 g/mol. The lowest BCUT2D eigenvalue weighted by atomic mass is 10.2. The second-order valence-corrected chi connectivity index (χ2v) is 3.72. The van der Waals surface area contributed by atoms with Gasteiger partial charge in [0.2, 0.25) is 0 Å². The number of rotatable bonds is 6. The fourth-order valence-electron chi connectivity index (χ4n) is 1.47. The molecule has 2 N–H and O–H groups in total. The van der Waals surface area contributed by atoms with E-state index >= 15 is 0 Å². The molecule has 1 atom stereocenters. The third-order valence-corrected chi connectivity index (χ3v) is 2.32. The van der Waals surface area contributed by atoms with E-state index in [1.165, 1.54) is 5.56 Å². The number of hydrogen-bond acceptors (Lipinski definition) is 2. The Balaban J connectivity index is 2.43. The molecule has 1 aromatic rings. The van der Waals surface area contributed by atoms with Crippen LogP contribution in [0, 0.1) is 0 Å². The smallest absolute Gasteiger partial charge is 0.119 e. The molecule has 0 aliphatic rings. The largest absolute Gasteiger partial charge is 0.497 e. The topological polar surface area (TPSA) is 35.1 Å². The lowest BCUT2D eigenvalue weighted by Gasteiger charge is -2.09. The number of methoxy groups -OCH3 is 2. The van der Waals surface area contributed by atoms with Crippen LogP contribution in [0.5, 0.6) is 5.75 Å². The minimum Gasteiger partial charge on any atom is -0.497 e. The van der Waals surface area contributed by atoms with Crippen molar-refractivity contribution in [2.45, 2.75) is 19.5 Å². The van der Waals surface area contributed by atoms with Gasteiger partial charge in [0.1, 0.15) is 18.3 Å². The molecule has 0 bridgehead atoms. The maximum atomic E-state index is 5.17. The molecule has 3 heteroatoms. The molecule has 0 amide bonds. The van der Waals surface area contributed by atoms with E-state index in [0.717, 1.165) is 18.9 Å². The van der Waals surface area contributed by atoms with E-state index in [4.69, 9.17) is 9.47 Å². The molecule has 0 aromatic heterocycles. The Hall–Kier alpha value is -1.06. The van der Waals surface area contributed by atoms with E-state index in [2.05, 4.69) is 24.4 Å². The first-order chi connectivity index (χ1) is 7.26. The molecule has 0 aliphatic heterocycles. The molecule has 15 heavy (non-hydrogen) atoms. The van der Waals surface area contributed by atoms with Crippen LogP contribution in [0.15, 0.2) is 24.3 Å². The standard InChI is InChI=1S/C12H19NO2/c1-10(9-14-2)13-8-11-5-4-6-12(7-11)15-3/h4-7,10,13H,8-9H2,1-3H3/p+1. The molecule has 0 aliphatic carbocycles. The van der Waals surface area contributed by atoms with Crippen LogP contribution >= 0.6 is 0 Å². The zero-order valence-corrected chi connectivity index (χ0v) is 9.69. The molecule has 0 spiro atoms. The summed E-state index contributed by atoms with van der Waals surface area (Å²) in [5.41, 5.74) is 1.28. The highest BCUT2D eigenvalue weighted by molar-refractivity contribution is 5.27. The van der Waals surface area contributed by atoms with Gasteiger partial charge in [-0.2, -0.15) is 0 Å². The molecule has 1 rings (SSSR count). The summed E-state index contributed by atoms with van der Waals surface area (Å²) in [5, 5.41) is 2.26. The molecule has 0 radical (unpaired) electrons. The van der Waals surface area contributed by atoms with Crippen LogP contribution < -0.4 is 10.1 Å². The highest BCUT2D eigenvalue weighted by Crippen LogP contribution is 2.11. The van der Waals surface area contributed by atoms with Crippen molar-refractivity contribution < 1.29 is 14.8 Å². The zero-order valence-electron chi connectivity index (χ0n) is 9.69. The highest BCUT2D eigenvalue weighted by Gasteiger charge is 2.04. The Kier molecular flexibility index (Phi) is 5.15. The number of hydrogen-bond donors (Lipinski definition) is 1. The van der Waals surface area contributed by atoms with Crippen molar-refractivity contribution in [1.29, 1.82) is 0 Å². The third kappa shape index (κ3) is 4.32. The van der Waals surface area contributed by atoms with Crippen LogP contribution in [0.25, 0.3) is 0 Å². The van der Waals surface area contributed by atoms with Crippen LogP contribution in [-0.4, -0.2) is 26.9 Å². The van der Waals surface area contributed by atoms with Gasteiger partial charge < -0.3 is 14.8 Å². The lowest BCUT2D eigenvalue weighted by molar-refractivity contribution is -0.702. The van der Waals surface area contributed by atoms with Crippen molar-refractivity contribution in [2.24, 2.45) is 0 Å². The van der Waals surface area contributed by atoms with Crippen LogP contribution in [0.2, 0.25) is 0 Å². The van der Waals surface area contributed by atoms with E-state index in [0.29, 0.717) is 6.04 Å². The maximum Gasteiger partial charge on any atom is 0.119 e. The lowest BCUT2D eigenvalue weighted by Crippen LogP contribution is -2.88. The molecule has 84 valence electrons. The van der Waals surface area contributed by atoms with E-state index in [-0.39, 0.29) is 0 Å². The van der Waals surface area contributed by atoms with Crippen molar-refractivity contribution >= 4 is 0 Å². The minimum absolute atomic E-state index is 0.487. The molecule has 3 nitrogen and oxygen atoms in total. The quantitative estimate of drug-likeness (QED) is 0.753. The maximum absolute atomic E-state index is 5.17. The Morgan fingerprint density at radius 2 is 2.13 bits per heavy atom. The second-order valence-electron chi connectivity index (χ2n) is 3.72. The fraction of sp³-hybridized carbons (Fsp3) is 0.500. The average molecular weight is 210 g/mol. The summed E-state index contributed by atoms with van der Waals surface area (Å²) in [6, 6.07) is 8.64. The Morgan fingerprint density at radius 1 is 1.33 bits per heavy atom. The van der Waals surface area contributed by atoms with Gasteiger partial charge in [-0.05, 0) is 19.1 Å². The molecule has 0 saturated heterocycles. The number of quaternary nitrogens is 1. The minimum atomic E-state index is 0.487. The monoisotopic (exact) mass is 210 g/mol. The van der Waals surface area contributed by atoms with Crippen molar-refractivity contribution in [2.75, 3.05) is 20.8 Å². The van der Waals surface area contributed by atoms with Crippen molar-refractivity contribution in [3.8, 4) is 5.75 Å². The zero-order chi connectivity index (χ0) is 11.1. The molecular formula is C12H20NO2+. The first-order valence-electron chi connectivity index (χ1n) is 5.21. The predicted molar refractivity (Wildman–Crippen MR) is 60.0 cm³/mol. The summed E-state index contributed by atoms with van der Waals surface area (Å²) in [7, 11) is 3.42. The Morgan fingerprint density at radius 3 is 2.80 bits per heavy atom. The van der Waals surface area contributed by atoms with Gasteiger partial charge >= 0.3 is 0 Å². The molecule has 0 saturated carbocycles. The van der Waals surface area contributed by atoms with Crippen LogP contribution in [0.3, 0.4) is 0 Å². The summed E-state index contributed by atoms with van der Waals surface area (Å²) in [4.78, 5) is 0. The van der Waals surface area contributed by atoms with Crippen molar-refractivity contribution in [1.82, 2.24) is 0 Å². The number of ether oxygens (including phenoxy) is 2. The normalized spacial score (nSPS) is 12.5. The van der Waals surface area contributed by atoms with Crippen molar-refractivity contribution in [3.05, 3.63) is 29.8 Å². The summed E-state index contributed by atoms with van der Waals surface area (Å²) in [5.74, 6) is 0.917. The number of benzene rings is 1. The molecule has 1 unspecified atom stereocenters. The second kappa shape index (κ2) is 6.43. The van der Waals surface area contributed by atoms with Crippen LogP contribution in [-0.2, 0) is 11.3 Å². The Labute approximate surface area is 91.4 Å². The van der Waals surface area contributed by atoms with Crippen LogP contribution in [0.4, 0.5) is 0 Å². The van der Waals surface area contributed by atoms with Gasteiger partial charge in [-0.15, -0.1) is 0 Å². The van der Waals surface area contributed by atoms with E-state index in [1.54, 1.807) is 14.2 Å². The summed E-state index contributed by atoms with van der Waals surface area (Å²) >= 11 is 0. The predicted octanol–water partition coefficient (Wildman–Crippen LogP) is 0.794. The average Bonchev–Trinajstić information content (AvgIpc) is 2.27. The van der Waals surface area contributed by atoms with E-state index in [1.807, 2.05) is 12.1 Å². The molecule has 0 heterocycles. The van der Waals surface area contributed by atoms with Gasteiger partial charge in [-0.1, -0.05) is 12.1 Å². The number of nitrogens with two attached hydrogens (primary N) is 1. The summed E-state index contributed by atoms with van der Waals surface area (Å²) < 4.78 is 10.3. The highest BCUT2D eigenvalue weighted by atomic mass is 16.5. The first kappa shape index (κ1) is 12.0. The first-order valence-corrected chi connectivity index (χ1v) is 5.21.